The molecule has 0 aromatic heterocycles. The molecule has 0 atom stereocenters. The third-order valence-electron chi connectivity index (χ3n) is 5.99. The molecule has 1 heterocycles. The topological polar surface area (TPSA) is 26.3 Å². The number of fused-ring (bicyclic) bond motifs is 2. The second-order valence-electron chi connectivity index (χ2n) is 8.15. The van der Waals surface area contributed by atoms with E-state index in [9.17, 15) is 0 Å². The molecule has 1 aliphatic heterocycles. The molecule has 0 unspecified atom stereocenters. The van der Waals surface area contributed by atoms with Crippen LogP contribution in [0.3, 0.4) is 0 Å². The van der Waals surface area contributed by atoms with Gasteiger partial charge in [-0.1, -0.05) is 105 Å². The molecular weight excluding hydrogens is 387 g/mol. The Bertz CT molecular complexity index is 1220. The monoisotopic (exact) mass is 410 g/mol. The first-order valence-electron chi connectivity index (χ1n) is 10.2. The molecule has 0 radical (unpaired) electrons. The van der Waals surface area contributed by atoms with Gasteiger partial charge in [-0.3, -0.25) is 0 Å². The van der Waals surface area contributed by atoms with Gasteiger partial charge in [-0.2, -0.15) is 0 Å². The first-order chi connectivity index (χ1) is 14.5. The van der Waals surface area contributed by atoms with Crippen LogP contribution in [0.5, 0.6) is 11.5 Å². The van der Waals surface area contributed by atoms with Gasteiger partial charge in [-0.25, -0.2) is 0 Å². The summed E-state index contributed by atoms with van der Waals surface area (Å²) < 4.78 is 21.3. The third kappa shape index (κ3) is 2.75. The van der Waals surface area contributed by atoms with Crippen LogP contribution in [0, 0.1) is 0 Å². The molecule has 4 aromatic carbocycles. The predicted molar refractivity (Wildman–Crippen MR) is 124 cm³/mol. The molecule has 0 amide bonds. The van der Waals surface area contributed by atoms with Crippen molar-refractivity contribution >= 4 is 23.1 Å². The predicted octanol–water partition coefficient (Wildman–Crippen LogP) is 5.76. The lowest BCUT2D eigenvalue weighted by atomic mass is 9.76. The lowest BCUT2D eigenvalue weighted by Crippen LogP contribution is -2.35. The van der Waals surface area contributed by atoms with E-state index in [4.69, 9.17) is 4.74 Å². The number of rotatable bonds is 3. The fourth-order valence-electron chi connectivity index (χ4n) is 4.52. The number of hydrogen-bond acceptors (Lipinski definition) is 2. The van der Waals surface area contributed by atoms with Crippen LogP contribution in [-0.2, 0) is 9.98 Å². The molecule has 0 aliphatic carbocycles. The van der Waals surface area contributed by atoms with Crippen LogP contribution in [0.25, 0.3) is 0 Å². The van der Waals surface area contributed by atoms with E-state index in [1.54, 1.807) is 0 Å². The van der Waals surface area contributed by atoms with Crippen molar-refractivity contribution in [2.75, 3.05) is 0 Å². The second kappa shape index (κ2) is 7.00. The summed E-state index contributed by atoms with van der Waals surface area (Å²) in [6.45, 7) is 4.38. The van der Waals surface area contributed by atoms with Crippen LogP contribution in [0.4, 0.5) is 0 Å². The van der Waals surface area contributed by atoms with Crippen molar-refractivity contribution in [2.45, 2.75) is 19.3 Å². The van der Waals surface area contributed by atoms with E-state index in [0.29, 0.717) is 0 Å². The summed E-state index contributed by atoms with van der Waals surface area (Å²) in [5.41, 5.74) is 1.76. The first-order valence-corrected chi connectivity index (χ1v) is 11.9. The number of benzene rings is 4. The van der Waals surface area contributed by atoms with Crippen molar-refractivity contribution < 1.29 is 9.30 Å². The van der Waals surface area contributed by atoms with Gasteiger partial charge >= 0.3 is 0 Å². The molecule has 3 heteroatoms. The zero-order valence-electron chi connectivity index (χ0n) is 17.1. The van der Waals surface area contributed by atoms with Gasteiger partial charge in [0.15, 0.2) is 7.14 Å². The zero-order chi connectivity index (χ0) is 20.8. The minimum absolute atomic E-state index is 0.347. The molecule has 1 aliphatic rings. The maximum absolute atomic E-state index is 15.0. The fourth-order valence-corrected chi connectivity index (χ4v) is 7.56. The normalized spacial score (nSPS) is 14.3. The second-order valence-corrected chi connectivity index (χ2v) is 10.9. The van der Waals surface area contributed by atoms with Crippen molar-refractivity contribution in [3.63, 3.8) is 0 Å². The van der Waals surface area contributed by atoms with Crippen LogP contribution in [0.15, 0.2) is 103 Å². The van der Waals surface area contributed by atoms with Crippen molar-refractivity contribution in [2.24, 2.45) is 0 Å². The highest BCUT2D eigenvalue weighted by Gasteiger charge is 2.41. The smallest absolute Gasteiger partial charge is 0.171 e. The summed E-state index contributed by atoms with van der Waals surface area (Å²) in [6.07, 6.45) is 0. The molecule has 0 fully saturated rings. The Hall–Kier alpha value is -3.09. The van der Waals surface area contributed by atoms with Gasteiger partial charge in [-0.05, 0) is 12.1 Å². The van der Waals surface area contributed by atoms with E-state index in [0.717, 1.165) is 38.5 Å². The lowest BCUT2D eigenvalue weighted by molar-refractivity contribution is 0.419. The Kier molecular flexibility index (Phi) is 4.41. The van der Waals surface area contributed by atoms with Crippen LogP contribution in [0.2, 0.25) is 0 Å². The van der Waals surface area contributed by atoms with Gasteiger partial charge in [0.1, 0.15) is 11.5 Å². The van der Waals surface area contributed by atoms with E-state index in [1.807, 2.05) is 97.1 Å². The van der Waals surface area contributed by atoms with E-state index >= 15 is 4.57 Å². The Labute approximate surface area is 177 Å². The largest absolute Gasteiger partial charge is 0.457 e. The van der Waals surface area contributed by atoms with Crippen LogP contribution < -0.4 is 20.7 Å². The van der Waals surface area contributed by atoms with Crippen LogP contribution in [0.1, 0.15) is 25.0 Å². The first kappa shape index (κ1) is 18.9. The van der Waals surface area contributed by atoms with E-state index < -0.39 is 7.14 Å². The molecule has 0 spiro atoms. The highest BCUT2D eigenvalue weighted by Crippen LogP contribution is 2.52. The number of para-hydroxylation sites is 1. The van der Waals surface area contributed by atoms with Gasteiger partial charge in [0, 0.05) is 32.5 Å². The van der Waals surface area contributed by atoms with Gasteiger partial charge in [0.05, 0.1) is 0 Å². The Morgan fingerprint density at radius 3 is 1.80 bits per heavy atom. The summed E-state index contributed by atoms with van der Waals surface area (Å²) in [5, 5.41) is 2.51. The summed E-state index contributed by atoms with van der Waals surface area (Å²) in [5.74, 6) is 1.64. The maximum Gasteiger partial charge on any atom is 0.171 e. The summed E-state index contributed by atoms with van der Waals surface area (Å²) in [6, 6.07) is 33.7. The summed E-state index contributed by atoms with van der Waals surface area (Å²) in [4.78, 5) is 0. The quantitative estimate of drug-likeness (QED) is 0.402. The molecule has 5 rings (SSSR count). The van der Waals surface area contributed by atoms with Gasteiger partial charge in [-0.15, -0.1) is 0 Å². The average Bonchev–Trinajstić information content (AvgIpc) is 2.79. The highest BCUT2D eigenvalue weighted by atomic mass is 31.2. The van der Waals surface area contributed by atoms with Gasteiger partial charge in [0.25, 0.3) is 0 Å². The maximum atomic E-state index is 15.0. The minimum atomic E-state index is -3.11. The van der Waals surface area contributed by atoms with Crippen LogP contribution >= 0.6 is 7.14 Å². The number of ether oxygens (including phenoxy) is 1. The molecule has 0 bridgehead atoms. The Morgan fingerprint density at radius 1 is 0.633 bits per heavy atom. The highest BCUT2D eigenvalue weighted by molar-refractivity contribution is 7.85. The molecule has 0 saturated heterocycles. The van der Waals surface area contributed by atoms with Crippen molar-refractivity contribution in [1.82, 2.24) is 0 Å². The fraction of sp³-hybridized carbons (Fsp3) is 0.111. The molecule has 2 nitrogen and oxygen atoms in total. The van der Waals surface area contributed by atoms with E-state index in [2.05, 4.69) is 19.9 Å². The molecule has 30 heavy (non-hydrogen) atoms. The van der Waals surface area contributed by atoms with Crippen molar-refractivity contribution in [3.8, 4) is 11.5 Å². The summed E-state index contributed by atoms with van der Waals surface area (Å²) in [7, 11) is -3.11. The van der Waals surface area contributed by atoms with E-state index in [1.165, 1.54) is 0 Å². The average molecular weight is 410 g/mol. The number of hydrogen-bond donors (Lipinski definition) is 0. The zero-order valence-corrected chi connectivity index (χ0v) is 18.0. The lowest BCUT2D eigenvalue weighted by Gasteiger charge is -2.37. The molecule has 0 N–H and O–H groups in total. The minimum Gasteiger partial charge on any atom is -0.457 e. The van der Waals surface area contributed by atoms with E-state index in [-0.39, 0.29) is 5.41 Å². The Balaban J connectivity index is 1.84. The standard InChI is InChI=1S/C27H23O2P/c1-27(2)22-16-9-10-17-23(22)29-24-18-11-19-25(26(24)27)30(28,20-12-5-3-6-13-20)21-14-7-4-8-15-21/h3-19H,1-2H3. The molecule has 148 valence electrons. The van der Waals surface area contributed by atoms with Gasteiger partial charge in [0.2, 0.25) is 0 Å². The summed E-state index contributed by atoms with van der Waals surface area (Å²) >= 11 is 0. The molecule has 0 saturated carbocycles. The van der Waals surface area contributed by atoms with Gasteiger partial charge < -0.3 is 9.30 Å². The van der Waals surface area contributed by atoms with Crippen molar-refractivity contribution in [3.05, 3.63) is 114 Å². The SMILES string of the molecule is CC1(C)c2ccccc2Oc2cccc(P(=O)(c3ccccc3)c3ccccc3)c21. The van der Waals surface area contributed by atoms with Crippen LogP contribution in [-0.4, -0.2) is 0 Å². The molecular formula is C27H23O2P. The third-order valence-corrected chi connectivity index (χ3v) is 9.09. The Morgan fingerprint density at radius 2 is 1.17 bits per heavy atom. The van der Waals surface area contributed by atoms with Crippen molar-refractivity contribution in [1.29, 1.82) is 0 Å². The molecule has 4 aromatic rings.